The molecule has 2 aliphatic rings. The minimum absolute atomic E-state index is 0.0546. The first kappa shape index (κ1) is 29.9. The van der Waals surface area contributed by atoms with E-state index < -0.39 is 36.0 Å². The standard InChI is InChI=1S/C34H39N3O6/c1-5-22-14-16-23(17-15-22)35-31(38)41-20-25-18-24(19-37(25)33(40)43-34(2,3)4)36-32(39)42-21-30-28-12-8-6-10-26(28)27-11-7-9-13-29(27)30/h6-17,24-25,30H,5,18-21H2,1-4H3,(H,35,38)(H,36,39)/t24-,25+/m1/s1. The molecule has 226 valence electrons. The number of hydrogen-bond donors (Lipinski definition) is 2. The number of ether oxygens (including phenoxy) is 3. The van der Waals surface area contributed by atoms with E-state index in [0.29, 0.717) is 12.1 Å². The number of aryl methyl sites for hydroxylation is 1. The Kier molecular flexibility index (Phi) is 8.89. The number of nitrogens with one attached hydrogen (secondary N) is 2. The predicted molar refractivity (Wildman–Crippen MR) is 164 cm³/mol. The predicted octanol–water partition coefficient (Wildman–Crippen LogP) is 6.71. The maximum absolute atomic E-state index is 13.0. The molecule has 1 aliphatic heterocycles. The second kappa shape index (κ2) is 12.8. The van der Waals surface area contributed by atoms with Crippen molar-refractivity contribution in [3.8, 4) is 11.1 Å². The summed E-state index contributed by atoms with van der Waals surface area (Å²) in [5.74, 6) is -0.0576. The summed E-state index contributed by atoms with van der Waals surface area (Å²) >= 11 is 0. The number of alkyl carbamates (subject to hydrolysis) is 1. The lowest BCUT2D eigenvalue weighted by molar-refractivity contribution is 0.0162. The lowest BCUT2D eigenvalue weighted by atomic mass is 9.98. The van der Waals surface area contributed by atoms with Gasteiger partial charge in [-0.1, -0.05) is 67.6 Å². The highest BCUT2D eigenvalue weighted by Gasteiger charge is 2.39. The van der Waals surface area contributed by atoms with Crippen LogP contribution in [0.3, 0.4) is 0 Å². The summed E-state index contributed by atoms with van der Waals surface area (Å²) in [7, 11) is 0. The van der Waals surface area contributed by atoms with E-state index in [1.165, 1.54) is 4.90 Å². The molecule has 2 N–H and O–H groups in total. The van der Waals surface area contributed by atoms with Gasteiger partial charge >= 0.3 is 18.3 Å². The monoisotopic (exact) mass is 585 g/mol. The molecule has 0 unspecified atom stereocenters. The Morgan fingerprint density at radius 1 is 0.837 bits per heavy atom. The summed E-state index contributed by atoms with van der Waals surface area (Å²) in [6.07, 6.45) is -0.444. The van der Waals surface area contributed by atoms with Gasteiger partial charge in [0.15, 0.2) is 0 Å². The molecular formula is C34H39N3O6. The Bertz CT molecular complexity index is 1420. The molecule has 3 aromatic carbocycles. The SMILES string of the molecule is CCc1ccc(NC(=O)OC[C@@H]2C[C@@H](NC(=O)OCC3c4ccccc4-c4ccccc43)CN2C(=O)OC(C)(C)C)cc1. The highest BCUT2D eigenvalue weighted by atomic mass is 16.6. The van der Waals surface area contributed by atoms with E-state index in [1.807, 2.05) is 48.5 Å². The summed E-state index contributed by atoms with van der Waals surface area (Å²) < 4.78 is 16.8. The van der Waals surface area contributed by atoms with E-state index in [1.54, 1.807) is 20.8 Å². The Hall–Kier alpha value is -4.53. The van der Waals surface area contributed by atoms with Crippen molar-refractivity contribution in [1.29, 1.82) is 0 Å². The summed E-state index contributed by atoms with van der Waals surface area (Å²) in [6.45, 7) is 7.76. The molecule has 5 rings (SSSR count). The van der Waals surface area contributed by atoms with Crippen molar-refractivity contribution in [2.45, 2.75) is 64.1 Å². The molecule has 0 aromatic heterocycles. The molecule has 0 bridgehead atoms. The van der Waals surface area contributed by atoms with E-state index in [0.717, 1.165) is 34.2 Å². The lowest BCUT2D eigenvalue weighted by Crippen LogP contribution is -2.43. The first-order valence-electron chi connectivity index (χ1n) is 14.7. The number of hydrogen-bond acceptors (Lipinski definition) is 6. The molecule has 9 nitrogen and oxygen atoms in total. The zero-order valence-corrected chi connectivity index (χ0v) is 25.1. The van der Waals surface area contributed by atoms with Crippen LogP contribution < -0.4 is 10.6 Å². The fraction of sp³-hybridized carbons (Fsp3) is 0.382. The molecule has 1 fully saturated rings. The van der Waals surface area contributed by atoms with Crippen LogP contribution in [0.2, 0.25) is 0 Å². The van der Waals surface area contributed by atoms with Crippen LogP contribution in [-0.2, 0) is 20.6 Å². The first-order chi connectivity index (χ1) is 20.6. The third-order valence-electron chi connectivity index (χ3n) is 7.72. The van der Waals surface area contributed by atoms with Crippen molar-refractivity contribution >= 4 is 24.0 Å². The minimum Gasteiger partial charge on any atom is -0.449 e. The molecule has 0 saturated carbocycles. The molecule has 3 aromatic rings. The average Bonchev–Trinajstić information content (AvgIpc) is 3.53. The summed E-state index contributed by atoms with van der Waals surface area (Å²) in [4.78, 5) is 40.0. The van der Waals surface area contributed by atoms with Crippen molar-refractivity contribution in [2.75, 3.05) is 25.1 Å². The topological polar surface area (TPSA) is 106 Å². The zero-order valence-electron chi connectivity index (χ0n) is 25.1. The molecule has 1 heterocycles. The summed E-state index contributed by atoms with van der Waals surface area (Å²) in [6, 6.07) is 22.9. The van der Waals surface area contributed by atoms with Crippen molar-refractivity contribution < 1.29 is 28.6 Å². The Balaban J connectivity index is 1.18. The molecule has 1 saturated heterocycles. The molecule has 9 heteroatoms. The minimum atomic E-state index is -0.706. The maximum atomic E-state index is 13.0. The van der Waals surface area contributed by atoms with Gasteiger partial charge in [-0.2, -0.15) is 0 Å². The van der Waals surface area contributed by atoms with Gasteiger partial charge in [0, 0.05) is 18.2 Å². The van der Waals surface area contributed by atoms with Crippen molar-refractivity contribution in [2.24, 2.45) is 0 Å². The number of likely N-dealkylation sites (tertiary alicyclic amines) is 1. The molecule has 0 spiro atoms. The number of nitrogens with zero attached hydrogens (tertiary/aromatic N) is 1. The van der Waals surface area contributed by atoms with E-state index >= 15 is 0 Å². The van der Waals surface area contributed by atoms with Gasteiger partial charge in [-0.05, 0) is 73.6 Å². The number of benzene rings is 3. The van der Waals surface area contributed by atoms with E-state index in [4.69, 9.17) is 14.2 Å². The van der Waals surface area contributed by atoms with Crippen LogP contribution in [0.5, 0.6) is 0 Å². The Morgan fingerprint density at radius 3 is 2.05 bits per heavy atom. The number of amides is 3. The van der Waals surface area contributed by atoms with E-state index in [9.17, 15) is 14.4 Å². The van der Waals surface area contributed by atoms with Gasteiger partial charge < -0.3 is 19.5 Å². The van der Waals surface area contributed by atoms with Crippen LogP contribution in [0.1, 0.15) is 56.7 Å². The third kappa shape index (κ3) is 7.28. The Labute approximate surface area is 252 Å². The normalized spacial score (nSPS) is 17.5. The highest BCUT2D eigenvalue weighted by molar-refractivity contribution is 5.84. The quantitative estimate of drug-likeness (QED) is 0.299. The first-order valence-corrected chi connectivity index (χ1v) is 14.7. The number of carbonyl (C=O) groups is 3. The van der Waals surface area contributed by atoms with E-state index in [2.05, 4.69) is 41.8 Å². The maximum Gasteiger partial charge on any atom is 0.411 e. The van der Waals surface area contributed by atoms with Gasteiger partial charge in [0.05, 0.1) is 12.1 Å². The molecule has 43 heavy (non-hydrogen) atoms. The average molecular weight is 586 g/mol. The Morgan fingerprint density at radius 2 is 1.44 bits per heavy atom. The van der Waals surface area contributed by atoms with Crippen molar-refractivity contribution in [3.63, 3.8) is 0 Å². The van der Waals surface area contributed by atoms with E-state index in [-0.39, 0.29) is 25.7 Å². The second-order valence-corrected chi connectivity index (χ2v) is 12.0. The fourth-order valence-electron chi connectivity index (χ4n) is 5.68. The second-order valence-electron chi connectivity index (χ2n) is 12.0. The van der Waals surface area contributed by atoms with Crippen LogP contribution in [0.4, 0.5) is 20.1 Å². The number of anilines is 1. The van der Waals surface area contributed by atoms with Gasteiger partial charge in [0.2, 0.25) is 0 Å². The van der Waals surface area contributed by atoms with Gasteiger partial charge in [-0.15, -0.1) is 0 Å². The number of rotatable bonds is 7. The smallest absolute Gasteiger partial charge is 0.411 e. The number of fused-ring (bicyclic) bond motifs is 3. The van der Waals surface area contributed by atoms with Crippen LogP contribution in [0.15, 0.2) is 72.8 Å². The molecular weight excluding hydrogens is 546 g/mol. The van der Waals surface area contributed by atoms with Gasteiger partial charge in [-0.25, -0.2) is 14.4 Å². The van der Waals surface area contributed by atoms with Gasteiger partial charge in [-0.3, -0.25) is 10.2 Å². The zero-order chi connectivity index (χ0) is 30.6. The summed E-state index contributed by atoms with van der Waals surface area (Å²) in [5.41, 5.74) is 5.64. The van der Waals surface area contributed by atoms with Crippen LogP contribution in [0, 0.1) is 0 Å². The number of carbonyl (C=O) groups excluding carboxylic acids is 3. The van der Waals surface area contributed by atoms with Crippen molar-refractivity contribution in [1.82, 2.24) is 10.2 Å². The highest BCUT2D eigenvalue weighted by Crippen LogP contribution is 2.44. The summed E-state index contributed by atoms with van der Waals surface area (Å²) in [5, 5.41) is 5.61. The molecule has 0 radical (unpaired) electrons. The van der Waals surface area contributed by atoms with Crippen molar-refractivity contribution in [3.05, 3.63) is 89.5 Å². The largest absolute Gasteiger partial charge is 0.449 e. The van der Waals surface area contributed by atoms with Gasteiger partial charge in [0.25, 0.3) is 0 Å². The van der Waals surface area contributed by atoms with Crippen LogP contribution in [-0.4, -0.2) is 60.6 Å². The van der Waals surface area contributed by atoms with Crippen LogP contribution in [0.25, 0.3) is 11.1 Å². The van der Waals surface area contributed by atoms with Crippen LogP contribution >= 0.6 is 0 Å². The molecule has 2 atom stereocenters. The molecule has 3 amide bonds. The van der Waals surface area contributed by atoms with Gasteiger partial charge in [0.1, 0.15) is 18.8 Å². The third-order valence-corrected chi connectivity index (χ3v) is 7.72. The fourth-order valence-corrected chi connectivity index (χ4v) is 5.68. The lowest BCUT2D eigenvalue weighted by Gasteiger charge is -2.28. The molecule has 1 aliphatic carbocycles.